The minimum absolute atomic E-state index is 0. The van der Waals surface area contributed by atoms with Gasteiger partial charge < -0.3 is 14.8 Å². The van der Waals surface area contributed by atoms with Gasteiger partial charge in [0.05, 0.1) is 0 Å². The number of thioether (sulfide) groups is 1. The van der Waals surface area contributed by atoms with Gasteiger partial charge in [0, 0.05) is 38.0 Å². The molecule has 2 aromatic rings. The van der Waals surface area contributed by atoms with Gasteiger partial charge in [-0.2, -0.15) is 0 Å². The number of benzene rings is 1. The summed E-state index contributed by atoms with van der Waals surface area (Å²) in [7, 11) is 2.07. The molecule has 8 heteroatoms. The molecule has 1 aromatic carbocycles. The van der Waals surface area contributed by atoms with Crippen LogP contribution in [0.15, 0.2) is 34.2 Å². The molecule has 142 valence electrons. The standard InChI is InChI=1S/C18H26N6S.HI/c1-4-19-18(20-12-17-22-21-16-6-5-11-24(16)17)23(2)13-14-7-9-15(25-3)10-8-14;/h7-10H,4-6,11-13H2,1-3H3,(H,19,20);1H. The van der Waals surface area contributed by atoms with Crippen LogP contribution in [0.2, 0.25) is 0 Å². The number of guanidine groups is 1. The molecule has 3 rings (SSSR count). The van der Waals surface area contributed by atoms with Crippen molar-refractivity contribution in [3.05, 3.63) is 41.5 Å². The van der Waals surface area contributed by atoms with Crippen LogP contribution < -0.4 is 5.32 Å². The second-order valence-corrected chi connectivity index (χ2v) is 7.04. The van der Waals surface area contributed by atoms with E-state index < -0.39 is 0 Å². The minimum atomic E-state index is 0. The first-order valence-corrected chi connectivity index (χ1v) is 9.97. The molecule has 0 fully saturated rings. The molecule has 1 aliphatic heterocycles. The van der Waals surface area contributed by atoms with Crippen molar-refractivity contribution in [3.63, 3.8) is 0 Å². The number of nitrogens with zero attached hydrogens (tertiary/aromatic N) is 5. The Hall–Kier alpha value is -1.29. The van der Waals surface area contributed by atoms with Crippen molar-refractivity contribution in [1.82, 2.24) is 25.0 Å². The van der Waals surface area contributed by atoms with Crippen LogP contribution >= 0.6 is 35.7 Å². The third-order valence-corrected chi connectivity index (χ3v) is 5.08. The maximum absolute atomic E-state index is 4.77. The number of aromatic nitrogens is 3. The minimum Gasteiger partial charge on any atom is -0.357 e. The number of aryl methyl sites for hydroxylation is 1. The lowest BCUT2D eigenvalue weighted by Crippen LogP contribution is -2.38. The first-order valence-electron chi connectivity index (χ1n) is 8.74. The molecule has 2 heterocycles. The number of hydrogen-bond donors (Lipinski definition) is 1. The molecule has 0 spiro atoms. The molecule has 0 amide bonds. The fourth-order valence-electron chi connectivity index (χ4n) is 3.02. The average molecular weight is 486 g/mol. The number of halogens is 1. The van der Waals surface area contributed by atoms with Gasteiger partial charge in [-0.15, -0.1) is 45.9 Å². The van der Waals surface area contributed by atoms with Crippen molar-refractivity contribution < 1.29 is 0 Å². The monoisotopic (exact) mass is 486 g/mol. The fraction of sp³-hybridized carbons (Fsp3) is 0.500. The third-order valence-electron chi connectivity index (χ3n) is 4.33. The highest BCUT2D eigenvalue weighted by atomic mass is 127. The van der Waals surface area contributed by atoms with Crippen LogP contribution in [0.4, 0.5) is 0 Å². The summed E-state index contributed by atoms with van der Waals surface area (Å²) >= 11 is 1.76. The van der Waals surface area contributed by atoms with Gasteiger partial charge in [-0.3, -0.25) is 0 Å². The number of rotatable bonds is 6. The molecule has 0 aliphatic carbocycles. The van der Waals surface area contributed by atoms with Crippen molar-refractivity contribution >= 4 is 41.7 Å². The van der Waals surface area contributed by atoms with E-state index in [1.54, 1.807) is 11.8 Å². The first kappa shape index (κ1) is 21.0. The fourth-order valence-corrected chi connectivity index (χ4v) is 3.43. The van der Waals surface area contributed by atoms with E-state index in [1.165, 1.54) is 10.5 Å². The predicted octanol–water partition coefficient (Wildman–Crippen LogP) is 3.16. The van der Waals surface area contributed by atoms with Gasteiger partial charge in [0.15, 0.2) is 11.8 Å². The quantitative estimate of drug-likeness (QED) is 0.294. The molecule has 0 unspecified atom stereocenters. The van der Waals surface area contributed by atoms with Crippen molar-refractivity contribution in [2.75, 3.05) is 19.8 Å². The van der Waals surface area contributed by atoms with Crippen LogP contribution in [-0.4, -0.2) is 45.5 Å². The number of aliphatic imine (C=N–C) groups is 1. The number of fused-ring (bicyclic) bond motifs is 1. The van der Waals surface area contributed by atoms with Gasteiger partial charge in [-0.1, -0.05) is 12.1 Å². The largest absolute Gasteiger partial charge is 0.357 e. The molecule has 0 radical (unpaired) electrons. The van der Waals surface area contributed by atoms with Gasteiger partial charge in [0.1, 0.15) is 12.4 Å². The molecular formula is C18H27IN6S. The van der Waals surface area contributed by atoms with Gasteiger partial charge >= 0.3 is 0 Å². The van der Waals surface area contributed by atoms with E-state index in [0.717, 1.165) is 50.1 Å². The van der Waals surface area contributed by atoms with E-state index >= 15 is 0 Å². The maximum atomic E-state index is 4.77. The average Bonchev–Trinajstić information content (AvgIpc) is 3.23. The third kappa shape index (κ3) is 5.12. The van der Waals surface area contributed by atoms with Gasteiger partial charge in [-0.05, 0) is 37.3 Å². The van der Waals surface area contributed by atoms with E-state index in [2.05, 4.69) is 69.5 Å². The molecule has 6 nitrogen and oxygen atoms in total. The normalized spacial score (nSPS) is 13.3. The first-order chi connectivity index (χ1) is 12.2. The van der Waals surface area contributed by atoms with E-state index in [9.17, 15) is 0 Å². The SMILES string of the molecule is CCNC(=NCc1nnc2n1CCC2)N(C)Cc1ccc(SC)cc1.I. The zero-order valence-corrected chi connectivity index (χ0v) is 18.8. The van der Waals surface area contributed by atoms with E-state index in [4.69, 9.17) is 4.99 Å². The van der Waals surface area contributed by atoms with E-state index in [0.29, 0.717) is 6.54 Å². The Morgan fingerprint density at radius 1 is 1.31 bits per heavy atom. The molecule has 26 heavy (non-hydrogen) atoms. The molecule has 1 aromatic heterocycles. The zero-order valence-electron chi connectivity index (χ0n) is 15.6. The second kappa shape index (κ2) is 10.1. The lowest BCUT2D eigenvalue weighted by atomic mass is 10.2. The highest BCUT2D eigenvalue weighted by Gasteiger charge is 2.17. The number of nitrogens with one attached hydrogen (secondary N) is 1. The number of hydrogen-bond acceptors (Lipinski definition) is 4. The highest BCUT2D eigenvalue weighted by molar-refractivity contribution is 14.0. The molecular weight excluding hydrogens is 459 g/mol. The topological polar surface area (TPSA) is 58.3 Å². The van der Waals surface area contributed by atoms with Crippen molar-refractivity contribution in [3.8, 4) is 0 Å². The summed E-state index contributed by atoms with van der Waals surface area (Å²) in [6.45, 7) is 5.32. The Bertz CT molecular complexity index is 728. The molecule has 0 atom stereocenters. The summed E-state index contributed by atoms with van der Waals surface area (Å²) in [5.41, 5.74) is 1.27. The Morgan fingerprint density at radius 2 is 2.08 bits per heavy atom. The lowest BCUT2D eigenvalue weighted by Gasteiger charge is -2.22. The van der Waals surface area contributed by atoms with Crippen LogP contribution in [-0.2, 0) is 26.1 Å². The molecule has 0 saturated heterocycles. The zero-order chi connectivity index (χ0) is 17.6. The summed E-state index contributed by atoms with van der Waals surface area (Å²) in [5.74, 6) is 2.95. The Balaban J connectivity index is 0.00000243. The van der Waals surface area contributed by atoms with Gasteiger partial charge in [0.25, 0.3) is 0 Å². The van der Waals surface area contributed by atoms with Gasteiger partial charge in [-0.25, -0.2) is 4.99 Å². The van der Waals surface area contributed by atoms with Crippen molar-refractivity contribution in [1.29, 1.82) is 0 Å². The Morgan fingerprint density at radius 3 is 2.77 bits per heavy atom. The molecule has 1 N–H and O–H groups in total. The Labute approximate surface area is 176 Å². The molecule has 0 bridgehead atoms. The van der Waals surface area contributed by atoms with Crippen LogP contribution in [0.3, 0.4) is 0 Å². The van der Waals surface area contributed by atoms with Crippen LogP contribution in [0.5, 0.6) is 0 Å². The summed E-state index contributed by atoms with van der Waals surface area (Å²) in [6, 6.07) is 8.68. The summed E-state index contributed by atoms with van der Waals surface area (Å²) in [5, 5.41) is 11.9. The summed E-state index contributed by atoms with van der Waals surface area (Å²) in [6.07, 6.45) is 4.29. The maximum Gasteiger partial charge on any atom is 0.194 e. The smallest absolute Gasteiger partial charge is 0.194 e. The van der Waals surface area contributed by atoms with Crippen molar-refractivity contribution in [2.24, 2.45) is 4.99 Å². The van der Waals surface area contributed by atoms with E-state index in [-0.39, 0.29) is 24.0 Å². The van der Waals surface area contributed by atoms with Gasteiger partial charge in [0.2, 0.25) is 0 Å². The Kier molecular flexibility index (Phi) is 8.20. The summed E-state index contributed by atoms with van der Waals surface area (Å²) < 4.78 is 2.20. The van der Waals surface area contributed by atoms with E-state index in [1.807, 2.05) is 0 Å². The van der Waals surface area contributed by atoms with Crippen LogP contribution in [0.1, 0.15) is 30.6 Å². The molecule has 1 aliphatic rings. The lowest BCUT2D eigenvalue weighted by molar-refractivity contribution is 0.475. The van der Waals surface area contributed by atoms with Crippen molar-refractivity contribution in [2.45, 2.75) is 44.3 Å². The van der Waals surface area contributed by atoms with Crippen LogP contribution in [0, 0.1) is 0 Å². The van der Waals surface area contributed by atoms with Crippen LogP contribution in [0.25, 0.3) is 0 Å². The summed E-state index contributed by atoms with van der Waals surface area (Å²) in [4.78, 5) is 8.20. The second-order valence-electron chi connectivity index (χ2n) is 6.16. The highest BCUT2D eigenvalue weighted by Crippen LogP contribution is 2.16. The molecule has 0 saturated carbocycles. The predicted molar refractivity (Wildman–Crippen MR) is 118 cm³/mol.